The van der Waals surface area contributed by atoms with Crippen LogP contribution in [-0.4, -0.2) is 24.3 Å². The first kappa shape index (κ1) is 16.4. The molecule has 3 N–H and O–H groups in total. The molecule has 0 saturated carbocycles. The van der Waals surface area contributed by atoms with Crippen LogP contribution in [0.4, 0.5) is 14.9 Å². The van der Waals surface area contributed by atoms with Gasteiger partial charge in [-0.25, -0.2) is 9.18 Å². The molecule has 1 aromatic carbocycles. The molecule has 0 aliphatic heterocycles. The summed E-state index contributed by atoms with van der Waals surface area (Å²) in [5, 5.41) is 14.5. The number of hydrogen-bond donors (Lipinski definition) is 3. The van der Waals surface area contributed by atoms with Crippen molar-refractivity contribution in [1.29, 1.82) is 0 Å². The lowest BCUT2D eigenvalue weighted by molar-refractivity contribution is 0.148. The van der Waals surface area contributed by atoms with Gasteiger partial charge in [-0.05, 0) is 42.9 Å². The molecule has 0 heterocycles. The van der Waals surface area contributed by atoms with Crippen molar-refractivity contribution in [3.63, 3.8) is 0 Å². The number of carbonyl (C=O) groups excluding carboxylic acids is 1. The van der Waals surface area contributed by atoms with Crippen LogP contribution >= 0.6 is 0 Å². The number of rotatable bonds is 6. The van der Waals surface area contributed by atoms with Gasteiger partial charge in [-0.3, -0.25) is 0 Å². The van der Waals surface area contributed by atoms with Crippen LogP contribution in [0.5, 0.6) is 0 Å². The van der Waals surface area contributed by atoms with E-state index in [2.05, 4.69) is 10.6 Å². The zero-order valence-corrected chi connectivity index (χ0v) is 12.3. The van der Waals surface area contributed by atoms with Crippen molar-refractivity contribution in [3.8, 4) is 0 Å². The van der Waals surface area contributed by atoms with Gasteiger partial charge < -0.3 is 15.7 Å². The van der Waals surface area contributed by atoms with Gasteiger partial charge >= 0.3 is 6.03 Å². The molecule has 1 rings (SSSR count). The molecule has 5 heteroatoms. The number of anilines is 1. The van der Waals surface area contributed by atoms with Crippen molar-refractivity contribution in [2.75, 3.05) is 18.5 Å². The van der Waals surface area contributed by atoms with Gasteiger partial charge in [0, 0.05) is 18.8 Å². The van der Waals surface area contributed by atoms with Crippen molar-refractivity contribution in [1.82, 2.24) is 5.32 Å². The van der Waals surface area contributed by atoms with Crippen LogP contribution in [-0.2, 0) is 0 Å². The number of aryl methyl sites for hydroxylation is 1. The molecule has 2 amide bonds. The smallest absolute Gasteiger partial charge is 0.319 e. The van der Waals surface area contributed by atoms with Gasteiger partial charge in [-0.1, -0.05) is 19.9 Å². The van der Waals surface area contributed by atoms with Gasteiger partial charge in [-0.15, -0.1) is 0 Å². The van der Waals surface area contributed by atoms with Crippen molar-refractivity contribution >= 4 is 11.7 Å². The number of halogens is 1. The molecule has 0 atom stereocenters. The summed E-state index contributed by atoms with van der Waals surface area (Å²) < 4.78 is 13.1. The number of aliphatic hydroxyl groups is 1. The van der Waals surface area contributed by atoms with Gasteiger partial charge in [0.25, 0.3) is 0 Å². The summed E-state index contributed by atoms with van der Waals surface area (Å²) in [5.41, 5.74) is 1.15. The number of aliphatic hydroxyl groups excluding tert-OH is 1. The van der Waals surface area contributed by atoms with Gasteiger partial charge in [0.2, 0.25) is 0 Å². The maximum atomic E-state index is 13.1. The van der Waals surface area contributed by atoms with E-state index in [4.69, 9.17) is 5.11 Å². The average molecular weight is 282 g/mol. The predicted molar refractivity (Wildman–Crippen MR) is 78.3 cm³/mol. The SMILES string of the molecule is Cc1ccc(F)cc1NC(=O)NCCCC(C)(C)CO. The Hall–Kier alpha value is -1.62. The Morgan fingerprint density at radius 1 is 1.40 bits per heavy atom. The van der Waals surface area contributed by atoms with E-state index in [1.54, 1.807) is 13.0 Å². The summed E-state index contributed by atoms with van der Waals surface area (Å²) in [7, 11) is 0. The second-order valence-corrected chi connectivity index (χ2v) is 5.77. The van der Waals surface area contributed by atoms with Crippen LogP contribution in [0.25, 0.3) is 0 Å². The standard InChI is InChI=1S/C15H23FN2O2/c1-11-5-6-12(16)9-13(11)18-14(20)17-8-4-7-15(2,3)10-19/h5-6,9,19H,4,7-8,10H2,1-3H3,(H2,17,18,20). The maximum Gasteiger partial charge on any atom is 0.319 e. The molecule has 0 spiro atoms. The fourth-order valence-corrected chi connectivity index (χ4v) is 1.74. The van der Waals surface area contributed by atoms with Crippen LogP contribution < -0.4 is 10.6 Å². The van der Waals surface area contributed by atoms with Gasteiger partial charge in [0.15, 0.2) is 0 Å². The molecule has 20 heavy (non-hydrogen) atoms. The molecule has 1 aromatic rings. The molecule has 112 valence electrons. The Bertz CT molecular complexity index is 461. The van der Waals surface area contributed by atoms with E-state index in [9.17, 15) is 9.18 Å². The fourth-order valence-electron chi connectivity index (χ4n) is 1.74. The first-order valence-corrected chi connectivity index (χ1v) is 6.76. The highest BCUT2D eigenvalue weighted by Gasteiger charge is 2.15. The molecule has 0 saturated heterocycles. The second-order valence-electron chi connectivity index (χ2n) is 5.77. The third-order valence-corrected chi connectivity index (χ3v) is 3.19. The van der Waals surface area contributed by atoms with E-state index >= 15 is 0 Å². The summed E-state index contributed by atoms with van der Waals surface area (Å²) in [6.07, 6.45) is 1.60. The van der Waals surface area contributed by atoms with E-state index in [0.29, 0.717) is 12.2 Å². The molecule has 0 unspecified atom stereocenters. The summed E-state index contributed by atoms with van der Waals surface area (Å²) in [5.74, 6) is -0.379. The van der Waals surface area contributed by atoms with Crippen LogP contribution in [0, 0.1) is 18.2 Å². The highest BCUT2D eigenvalue weighted by molar-refractivity contribution is 5.89. The second kappa shape index (κ2) is 7.24. The topological polar surface area (TPSA) is 61.4 Å². The zero-order chi connectivity index (χ0) is 15.2. The zero-order valence-electron chi connectivity index (χ0n) is 12.3. The Morgan fingerprint density at radius 2 is 2.10 bits per heavy atom. The van der Waals surface area contributed by atoms with Gasteiger partial charge in [0.05, 0.1) is 0 Å². The largest absolute Gasteiger partial charge is 0.396 e. The van der Waals surface area contributed by atoms with Crippen molar-refractivity contribution in [2.24, 2.45) is 5.41 Å². The van der Waals surface area contributed by atoms with Crippen LogP contribution in [0.2, 0.25) is 0 Å². The highest BCUT2D eigenvalue weighted by Crippen LogP contribution is 2.20. The van der Waals surface area contributed by atoms with Crippen molar-refractivity contribution < 1.29 is 14.3 Å². The van der Waals surface area contributed by atoms with Gasteiger partial charge in [0.1, 0.15) is 5.82 Å². The number of amides is 2. The van der Waals surface area contributed by atoms with Crippen LogP contribution in [0.3, 0.4) is 0 Å². The molecular formula is C15H23FN2O2. The minimum absolute atomic E-state index is 0.127. The summed E-state index contributed by atoms with van der Waals surface area (Å²) in [4.78, 5) is 11.7. The van der Waals surface area contributed by atoms with Crippen LogP contribution in [0.1, 0.15) is 32.3 Å². The average Bonchev–Trinajstić information content (AvgIpc) is 2.39. The molecule has 0 aromatic heterocycles. The third-order valence-electron chi connectivity index (χ3n) is 3.19. The molecule has 0 aliphatic carbocycles. The molecule has 0 bridgehead atoms. The molecule has 0 fully saturated rings. The quantitative estimate of drug-likeness (QED) is 0.702. The number of nitrogens with one attached hydrogen (secondary N) is 2. The van der Waals surface area contributed by atoms with Gasteiger partial charge in [-0.2, -0.15) is 0 Å². The lowest BCUT2D eigenvalue weighted by Gasteiger charge is -2.21. The summed E-state index contributed by atoms with van der Waals surface area (Å²) in [6.45, 7) is 6.40. The van der Waals surface area contributed by atoms with Crippen molar-refractivity contribution in [3.05, 3.63) is 29.6 Å². The maximum absolute atomic E-state index is 13.1. The molecule has 0 aliphatic rings. The first-order chi connectivity index (χ1) is 9.34. The van der Waals surface area contributed by atoms with E-state index < -0.39 is 0 Å². The van der Waals surface area contributed by atoms with E-state index in [-0.39, 0.29) is 23.9 Å². The number of hydrogen-bond acceptors (Lipinski definition) is 2. The number of benzene rings is 1. The van der Waals surface area contributed by atoms with E-state index in [1.165, 1.54) is 12.1 Å². The first-order valence-electron chi connectivity index (χ1n) is 6.76. The Balaban J connectivity index is 2.36. The normalized spacial score (nSPS) is 11.2. The minimum Gasteiger partial charge on any atom is -0.396 e. The summed E-state index contributed by atoms with van der Waals surface area (Å²) >= 11 is 0. The lowest BCUT2D eigenvalue weighted by atomic mass is 9.89. The summed E-state index contributed by atoms with van der Waals surface area (Å²) in [6, 6.07) is 3.92. The Labute approximate surface area is 119 Å². The van der Waals surface area contributed by atoms with Crippen LogP contribution in [0.15, 0.2) is 18.2 Å². The highest BCUT2D eigenvalue weighted by atomic mass is 19.1. The fraction of sp³-hybridized carbons (Fsp3) is 0.533. The molecule has 0 radical (unpaired) electrons. The number of carbonyl (C=O) groups is 1. The minimum atomic E-state index is -0.379. The predicted octanol–water partition coefficient (Wildman–Crippen LogP) is 3.05. The lowest BCUT2D eigenvalue weighted by Crippen LogP contribution is -2.30. The van der Waals surface area contributed by atoms with E-state index in [1.807, 2.05) is 13.8 Å². The van der Waals surface area contributed by atoms with E-state index in [0.717, 1.165) is 18.4 Å². The molecular weight excluding hydrogens is 259 g/mol. The number of urea groups is 1. The van der Waals surface area contributed by atoms with Crippen molar-refractivity contribution in [2.45, 2.75) is 33.6 Å². The third kappa shape index (κ3) is 5.57. The molecule has 4 nitrogen and oxygen atoms in total. The Morgan fingerprint density at radius 3 is 2.75 bits per heavy atom. The Kier molecular flexibility index (Phi) is 5.95. The monoisotopic (exact) mass is 282 g/mol.